The van der Waals surface area contributed by atoms with Gasteiger partial charge in [-0.2, -0.15) is 5.10 Å². The first kappa shape index (κ1) is 19.5. The number of nitrogens with zero attached hydrogens (tertiary/aromatic N) is 2. The van der Waals surface area contributed by atoms with Crippen LogP contribution in [-0.2, 0) is 11.8 Å². The zero-order chi connectivity index (χ0) is 20.6. The van der Waals surface area contributed by atoms with Gasteiger partial charge in [-0.3, -0.25) is 9.48 Å². The first-order valence-corrected chi connectivity index (χ1v) is 11.6. The molecule has 0 spiro atoms. The zero-order valence-corrected chi connectivity index (χ0v) is 18.4. The molecule has 1 heterocycles. The molecule has 29 heavy (non-hydrogen) atoms. The molecule has 4 aliphatic rings. The summed E-state index contributed by atoms with van der Waals surface area (Å²) in [5.41, 5.74) is 3.56. The Morgan fingerprint density at radius 1 is 1.14 bits per heavy atom. The Morgan fingerprint density at radius 3 is 2.62 bits per heavy atom. The lowest BCUT2D eigenvalue weighted by atomic mass is 9.45. The highest BCUT2D eigenvalue weighted by Crippen LogP contribution is 2.66. The quantitative estimate of drug-likeness (QED) is 0.701. The number of ketones is 1. The second kappa shape index (κ2) is 6.54. The summed E-state index contributed by atoms with van der Waals surface area (Å²) in [6.45, 7) is 6.90. The van der Waals surface area contributed by atoms with Gasteiger partial charge in [-0.25, -0.2) is 0 Å². The fraction of sp³-hybridized carbons (Fsp3) is 0.760. The van der Waals surface area contributed by atoms with Crippen molar-refractivity contribution in [2.24, 2.45) is 41.5 Å². The number of aliphatic hydroxyl groups is 1. The molecule has 0 amide bonds. The van der Waals surface area contributed by atoms with Crippen molar-refractivity contribution in [1.82, 2.24) is 9.78 Å². The summed E-state index contributed by atoms with van der Waals surface area (Å²) in [6, 6.07) is 0. The second-order valence-corrected chi connectivity index (χ2v) is 11.1. The average Bonchev–Trinajstić information content (AvgIpc) is 3.16. The summed E-state index contributed by atoms with van der Waals surface area (Å²) < 4.78 is 1.88. The SMILES string of the molecule is Cc1c(/C=C2/C[C@@]3(C)[C@@H](CC[C@@H]4[C@@H]3CC[C@]3(C)[C@@H](O)CC[C@@H]43)CC2=O)cnn1C. The van der Waals surface area contributed by atoms with Crippen molar-refractivity contribution in [3.05, 3.63) is 23.0 Å². The average molecular weight is 397 g/mol. The van der Waals surface area contributed by atoms with E-state index in [2.05, 4.69) is 31.9 Å². The minimum Gasteiger partial charge on any atom is -0.393 e. The van der Waals surface area contributed by atoms with E-state index in [1.807, 2.05) is 17.9 Å². The minimum atomic E-state index is -0.115. The number of rotatable bonds is 1. The molecule has 1 aromatic rings. The lowest BCUT2D eigenvalue weighted by Gasteiger charge is -2.60. The van der Waals surface area contributed by atoms with E-state index in [-0.39, 0.29) is 16.9 Å². The van der Waals surface area contributed by atoms with Crippen LogP contribution in [0.15, 0.2) is 11.8 Å². The number of hydrogen-bond acceptors (Lipinski definition) is 3. The van der Waals surface area contributed by atoms with Gasteiger partial charge < -0.3 is 5.11 Å². The van der Waals surface area contributed by atoms with Crippen LogP contribution in [0, 0.1) is 41.4 Å². The lowest BCUT2D eigenvalue weighted by Crippen LogP contribution is -2.54. The van der Waals surface area contributed by atoms with Crippen LogP contribution in [-0.4, -0.2) is 26.8 Å². The van der Waals surface area contributed by atoms with Gasteiger partial charge in [0.1, 0.15) is 0 Å². The smallest absolute Gasteiger partial charge is 0.159 e. The Kier molecular flexibility index (Phi) is 4.40. The van der Waals surface area contributed by atoms with Crippen molar-refractivity contribution in [2.45, 2.75) is 78.2 Å². The summed E-state index contributed by atoms with van der Waals surface area (Å²) in [7, 11) is 1.96. The molecule has 0 aliphatic heterocycles. The molecule has 0 radical (unpaired) electrons. The first-order valence-electron chi connectivity index (χ1n) is 11.6. The summed E-state index contributed by atoms with van der Waals surface area (Å²) in [6.07, 6.45) is 12.5. The van der Waals surface area contributed by atoms with E-state index in [4.69, 9.17) is 0 Å². The van der Waals surface area contributed by atoms with Gasteiger partial charge in [0.2, 0.25) is 0 Å². The maximum absolute atomic E-state index is 13.0. The maximum atomic E-state index is 13.0. The molecule has 0 saturated heterocycles. The van der Waals surface area contributed by atoms with Gasteiger partial charge in [0.05, 0.1) is 12.3 Å². The Morgan fingerprint density at radius 2 is 1.90 bits per heavy atom. The number of Topliss-reactive ketones (excluding diaryl/α,β-unsaturated/α-hetero) is 1. The van der Waals surface area contributed by atoms with Crippen LogP contribution in [0.25, 0.3) is 6.08 Å². The van der Waals surface area contributed by atoms with Gasteiger partial charge in [0.15, 0.2) is 5.78 Å². The maximum Gasteiger partial charge on any atom is 0.159 e. The summed E-state index contributed by atoms with van der Waals surface area (Å²) >= 11 is 0. The molecule has 4 aliphatic carbocycles. The van der Waals surface area contributed by atoms with E-state index < -0.39 is 0 Å². The third kappa shape index (κ3) is 2.74. The van der Waals surface area contributed by atoms with Gasteiger partial charge in [-0.1, -0.05) is 13.8 Å². The van der Waals surface area contributed by atoms with Crippen molar-refractivity contribution in [1.29, 1.82) is 0 Å². The third-order valence-electron chi connectivity index (χ3n) is 9.98. The number of carbonyl (C=O) groups is 1. The van der Waals surface area contributed by atoms with E-state index in [1.165, 1.54) is 25.7 Å². The van der Waals surface area contributed by atoms with Crippen LogP contribution in [0.2, 0.25) is 0 Å². The fourth-order valence-corrected chi connectivity index (χ4v) is 7.96. The Labute approximate surface area is 174 Å². The molecule has 4 heteroatoms. The van der Waals surface area contributed by atoms with Crippen LogP contribution >= 0.6 is 0 Å². The molecule has 1 aromatic heterocycles. The number of allylic oxidation sites excluding steroid dienone is 1. The molecule has 1 N–H and O–H groups in total. The predicted octanol–water partition coefficient (Wildman–Crippen LogP) is 4.69. The van der Waals surface area contributed by atoms with E-state index in [0.717, 1.165) is 48.4 Å². The standard InChI is InChI=1S/C25H36N2O2/c1-15-17(14-26-27(15)4)11-16-13-25(3)18(12-22(16)28)5-6-19-20-7-8-23(29)24(20,2)10-9-21(19)25/h11,14,18-21,23,29H,5-10,12-13H2,1-4H3/b16-11-/t18-,19-,20-,21-,23-,24-,25-/m0/s1. The first-order chi connectivity index (χ1) is 13.7. The van der Waals surface area contributed by atoms with E-state index >= 15 is 0 Å². The summed E-state index contributed by atoms with van der Waals surface area (Å²) in [5.74, 6) is 2.96. The van der Waals surface area contributed by atoms with E-state index in [1.54, 1.807) is 0 Å². The van der Waals surface area contributed by atoms with Crippen molar-refractivity contribution < 1.29 is 9.90 Å². The topological polar surface area (TPSA) is 55.1 Å². The largest absolute Gasteiger partial charge is 0.393 e. The Balaban J connectivity index is 1.47. The Bertz CT molecular complexity index is 870. The predicted molar refractivity (Wildman–Crippen MR) is 114 cm³/mol. The normalized spacial score (nSPS) is 45.8. The number of aliphatic hydroxyl groups excluding tert-OH is 1. The molecule has 5 rings (SSSR count). The van der Waals surface area contributed by atoms with Crippen LogP contribution in [0.4, 0.5) is 0 Å². The second-order valence-electron chi connectivity index (χ2n) is 11.1. The van der Waals surface area contributed by atoms with E-state index in [0.29, 0.717) is 23.5 Å². The molecule has 0 unspecified atom stereocenters. The number of hydrogen-bond donors (Lipinski definition) is 1. The summed E-state index contributed by atoms with van der Waals surface area (Å²) in [4.78, 5) is 13.0. The molecule has 0 aromatic carbocycles. The van der Waals surface area contributed by atoms with Crippen LogP contribution in [0.1, 0.15) is 76.5 Å². The minimum absolute atomic E-state index is 0.115. The van der Waals surface area contributed by atoms with Crippen molar-refractivity contribution in [3.8, 4) is 0 Å². The molecule has 7 atom stereocenters. The highest BCUT2D eigenvalue weighted by Gasteiger charge is 2.60. The highest BCUT2D eigenvalue weighted by molar-refractivity contribution is 6.00. The van der Waals surface area contributed by atoms with Crippen molar-refractivity contribution in [2.75, 3.05) is 0 Å². The summed E-state index contributed by atoms with van der Waals surface area (Å²) in [5, 5.41) is 15.0. The Hall–Kier alpha value is -1.42. The van der Waals surface area contributed by atoms with Gasteiger partial charge in [0, 0.05) is 24.7 Å². The third-order valence-corrected chi connectivity index (χ3v) is 9.98. The molecule has 4 fully saturated rings. The molecule has 0 bridgehead atoms. The monoisotopic (exact) mass is 396 g/mol. The van der Waals surface area contributed by atoms with Gasteiger partial charge in [-0.15, -0.1) is 0 Å². The zero-order valence-electron chi connectivity index (χ0n) is 18.4. The molecule has 158 valence electrons. The lowest BCUT2D eigenvalue weighted by molar-refractivity contribution is -0.134. The highest BCUT2D eigenvalue weighted by atomic mass is 16.3. The molecule has 4 nitrogen and oxygen atoms in total. The van der Waals surface area contributed by atoms with Crippen LogP contribution in [0.5, 0.6) is 0 Å². The fourth-order valence-electron chi connectivity index (χ4n) is 7.96. The molecule has 4 saturated carbocycles. The number of fused-ring (bicyclic) bond motifs is 5. The van der Waals surface area contributed by atoms with Gasteiger partial charge in [-0.05, 0) is 98.0 Å². The van der Waals surface area contributed by atoms with E-state index in [9.17, 15) is 9.90 Å². The van der Waals surface area contributed by atoms with Crippen LogP contribution in [0.3, 0.4) is 0 Å². The van der Waals surface area contributed by atoms with Gasteiger partial charge in [0.25, 0.3) is 0 Å². The number of carbonyl (C=O) groups excluding carboxylic acids is 1. The van der Waals surface area contributed by atoms with Crippen LogP contribution < -0.4 is 0 Å². The number of aryl methyl sites for hydroxylation is 1. The van der Waals surface area contributed by atoms with Crippen molar-refractivity contribution in [3.63, 3.8) is 0 Å². The van der Waals surface area contributed by atoms with Gasteiger partial charge >= 0.3 is 0 Å². The number of aromatic nitrogens is 2. The molecular weight excluding hydrogens is 360 g/mol. The molecular formula is C25H36N2O2. The van der Waals surface area contributed by atoms with Crippen molar-refractivity contribution >= 4 is 11.9 Å².